The van der Waals surface area contributed by atoms with Gasteiger partial charge >= 0.3 is 5.97 Å². The normalized spacial score (nSPS) is 13.9. The molecule has 2 atom stereocenters. The fourth-order valence-corrected chi connectivity index (χ4v) is 2.62. The minimum atomic E-state index is -0.936. The van der Waals surface area contributed by atoms with Gasteiger partial charge in [-0.15, -0.1) is 0 Å². The Morgan fingerprint density at radius 2 is 1.75 bits per heavy atom. The highest BCUT2D eigenvalue weighted by Gasteiger charge is 2.28. The highest BCUT2D eigenvalue weighted by Crippen LogP contribution is 2.15. The van der Waals surface area contributed by atoms with Crippen LogP contribution in [0.1, 0.15) is 84.0 Å². The molecule has 0 aliphatic carbocycles. The summed E-state index contributed by atoms with van der Waals surface area (Å²) in [6.45, 7) is 2.14. The minimum absolute atomic E-state index is 0.181. The van der Waals surface area contributed by atoms with Crippen molar-refractivity contribution in [1.29, 1.82) is 0 Å². The Morgan fingerprint density at radius 3 is 2.38 bits per heavy atom. The molecule has 0 aromatic carbocycles. The van der Waals surface area contributed by atoms with Crippen molar-refractivity contribution in [2.75, 3.05) is 0 Å². The van der Waals surface area contributed by atoms with E-state index >= 15 is 0 Å². The number of unbranched alkanes of at least 4 members (excludes halogenated alkanes) is 7. The molecule has 6 nitrogen and oxygen atoms in total. The van der Waals surface area contributed by atoms with Gasteiger partial charge in [-0.2, -0.15) is 0 Å². The summed E-state index contributed by atoms with van der Waals surface area (Å²) in [5.74, 6) is -0.783. The van der Waals surface area contributed by atoms with Crippen LogP contribution in [0.3, 0.4) is 0 Å². The van der Waals surface area contributed by atoms with Gasteiger partial charge in [-0.1, -0.05) is 51.2 Å². The van der Waals surface area contributed by atoms with Gasteiger partial charge in [-0.05, 0) is 32.1 Å². The third-order valence-electron chi connectivity index (χ3n) is 4.12. The van der Waals surface area contributed by atoms with Crippen LogP contribution < -0.4 is 0 Å². The summed E-state index contributed by atoms with van der Waals surface area (Å²) in [4.78, 5) is 21.1. The van der Waals surface area contributed by atoms with Gasteiger partial charge in [0.05, 0.1) is 0 Å². The fraction of sp³-hybridized carbons (Fsp3) is 0.833. The lowest BCUT2D eigenvalue weighted by Gasteiger charge is -2.14. The molecule has 2 N–H and O–H groups in total. The number of carboxylic acid groups (broad SMARTS) is 1. The minimum Gasteiger partial charge on any atom is -0.481 e. The molecule has 0 aliphatic rings. The molecule has 0 radical (unpaired) electrons. The topological polar surface area (TPSA) is 101 Å². The van der Waals surface area contributed by atoms with E-state index in [0.29, 0.717) is 25.7 Å². The van der Waals surface area contributed by atoms with Crippen LogP contribution >= 0.6 is 0 Å². The lowest BCUT2D eigenvalue weighted by atomic mass is 10.00. The number of allylic oxidation sites excluding steroid dienone is 1. The van der Waals surface area contributed by atoms with E-state index in [0.717, 1.165) is 38.5 Å². The highest BCUT2D eigenvalue weighted by molar-refractivity contribution is 5.66. The number of nitro groups is 1. The smallest absolute Gasteiger partial charge is 0.303 e. The van der Waals surface area contributed by atoms with Gasteiger partial charge in [-0.25, -0.2) is 0 Å². The van der Waals surface area contributed by atoms with Gasteiger partial charge < -0.3 is 10.2 Å². The molecule has 0 heterocycles. The van der Waals surface area contributed by atoms with Crippen LogP contribution in [0.4, 0.5) is 0 Å². The maximum atomic E-state index is 11.1. The first-order chi connectivity index (χ1) is 11.5. The number of rotatable bonds is 16. The van der Waals surface area contributed by atoms with Gasteiger partial charge in [0.25, 0.3) is 0 Å². The number of aliphatic hydroxyl groups is 1. The summed E-state index contributed by atoms with van der Waals surface area (Å²) in [6.07, 6.45) is 12.1. The summed E-state index contributed by atoms with van der Waals surface area (Å²) in [5.41, 5.74) is 0. The molecule has 0 spiro atoms. The zero-order valence-electron chi connectivity index (χ0n) is 14.9. The van der Waals surface area contributed by atoms with Crippen molar-refractivity contribution in [3.8, 4) is 0 Å². The average molecular weight is 343 g/mol. The first kappa shape index (κ1) is 22.6. The summed E-state index contributed by atoms with van der Waals surface area (Å²) in [7, 11) is 0. The predicted octanol–water partition coefficient (Wildman–Crippen LogP) is 4.33. The Hall–Kier alpha value is -1.43. The number of carbonyl (C=O) groups is 1. The molecular weight excluding hydrogens is 310 g/mol. The first-order valence-corrected chi connectivity index (χ1v) is 9.17. The molecule has 2 unspecified atom stereocenters. The number of aliphatic carboxylic acids is 1. The van der Waals surface area contributed by atoms with Gasteiger partial charge in [0.15, 0.2) is 0 Å². The van der Waals surface area contributed by atoms with Crippen LogP contribution in [0.25, 0.3) is 0 Å². The van der Waals surface area contributed by atoms with Crippen molar-refractivity contribution in [2.24, 2.45) is 0 Å². The molecule has 0 bridgehead atoms. The third kappa shape index (κ3) is 13.0. The van der Waals surface area contributed by atoms with Crippen molar-refractivity contribution >= 4 is 5.97 Å². The van der Waals surface area contributed by atoms with E-state index < -0.39 is 18.1 Å². The zero-order valence-corrected chi connectivity index (χ0v) is 14.9. The SMILES string of the molecule is CCCCCC=CCC(O)C(CCCCCCCC(=O)O)[N+](=O)[O-]. The van der Waals surface area contributed by atoms with Gasteiger partial charge in [0.1, 0.15) is 6.10 Å². The van der Waals surface area contributed by atoms with Crippen LogP contribution in [-0.4, -0.2) is 33.3 Å². The quantitative estimate of drug-likeness (QED) is 0.188. The zero-order chi connectivity index (χ0) is 18.2. The van der Waals surface area contributed by atoms with E-state index in [2.05, 4.69) is 6.92 Å². The Labute approximate surface area is 145 Å². The van der Waals surface area contributed by atoms with Crippen LogP contribution in [0.5, 0.6) is 0 Å². The van der Waals surface area contributed by atoms with Crippen LogP contribution in [-0.2, 0) is 4.79 Å². The predicted molar refractivity (Wildman–Crippen MR) is 94.6 cm³/mol. The van der Waals surface area contributed by atoms with E-state index in [1.165, 1.54) is 6.42 Å². The second-order valence-corrected chi connectivity index (χ2v) is 6.32. The second kappa shape index (κ2) is 15.1. The van der Waals surface area contributed by atoms with Crippen LogP contribution in [0.15, 0.2) is 12.2 Å². The lowest BCUT2D eigenvalue weighted by Crippen LogP contribution is -2.33. The van der Waals surface area contributed by atoms with Crippen molar-refractivity contribution in [2.45, 2.75) is 96.1 Å². The Balaban J connectivity index is 3.90. The second-order valence-electron chi connectivity index (χ2n) is 6.32. The number of carboxylic acids is 1. The van der Waals surface area contributed by atoms with Gasteiger partial charge in [-0.3, -0.25) is 14.9 Å². The molecule has 0 aromatic heterocycles. The Kier molecular flexibility index (Phi) is 14.2. The average Bonchev–Trinajstić information content (AvgIpc) is 2.52. The number of nitrogens with zero attached hydrogens (tertiary/aromatic N) is 1. The molecule has 0 rings (SSSR count). The van der Waals surface area contributed by atoms with Crippen molar-refractivity contribution in [3.05, 3.63) is 22.3 Å². The highest BCUT2D eigenvalue weighted by atomic mass is 16.6. The standard InChI is InChI=1S/C18H33NO5/c1-2-3-4-5-8-11-14-17(20)16(19(23)24)13-10-7-6-9-12-15-18(21)22/h8,11,16-17,20H,2-7,9-10,12-15H2,1H3,(H,21,22). The molecule has 0 aliphatic heterocycles. The maximum absolute atomic E-state index is 11.1. The summed E-state index contributed by atoms with van der Waals surface area (Å²) in [5, 5.41) is 29.7. The Morgan fingerprint density at radius 1 is 1.08 bits per heavy atom. The van der Waals surface area contributed by atoms with Crippen molar-refractivity contribution in [3.63, 3.8) is 0 Å². The molecule has 140 valence electrons. The largest absolute Gasteiger partial charge is 0.481 e. The summed E-state index contributed by atoms with van der Waals surface area (Å²) in [6, 6.07) is -0.913. The number of aliphatic hydroxyl groups excluding tert-OH is 1. The number of hydrogen-bond acceptors (Lipinski definition) is 4. The molecule has 0 fully saturated rings. The molecule has 0 saturated carbocycles. The molecule has 0 amide bonds. The first-order valence-electron chi connectivity index (χ1n) is 9.17. The molecule has 0 saturated heterocycles. The molecule has 0 aromatic rings. The summed E-state index contributed by atoms with van der Waals surface area (Å²) < 4.78 is 0. The van der Waals surface area contributed by atoms with E-state index in [-0.39, 0.29) is 11.3 Å². The lowest BCUT2D eigenvalue weighted by molar-refractivity contribution is -0.535. The fourth-order valence-electron chi connectivity index (χ4n) is 2.62. The van der Waals surface area contributed by atoms with E-state index in [9.17, 15) is 20.0 Å². The molecule has 24 heavy (non-hydrogen) atoms. The van der Waals surface area contributed by atoms with Gasteiger partial charge in [0.2, 0.25) is 6.04 Å². The summed E-state index contributed by atoms with van der Waals surface area (Å²) >= 11 is 0. The molecular formula is C18H33NO5. The number of hydrogen-bond donors (Lipinski definition) is 2. The maximum Gasteiger partial charge on any atom is 0.303 e. The van der Waals surface area contributed by atoms with E-state index in [4.69, 9.17) is 5.11 Å². The van der Waals surface area contributed by atoms with E-state index in [1.54, 1.807) is 0 Å². The van der Waals surface area contributed by atoms with Crippen LogP contribution in [0, 0.1) is 10.1 Å². The monoisotopic (exact) mass is 343 g/mol. The molecule has 6 heteroatoms. The Bertz CT molecular complexity index is 370. The van der Waals surface area contributed by atoms with Crippen molar-refractivity contribution < 1.29 is 19.9 Å². The third-order valence-corrected chi connectivity index (χ3v) is 4.12. The van der Waals surface area contributed by atoms with Gasteiger partial charge in [0, 0.05) is 17.8 Å². The van der Waals surface area contributed by atoms with E-state index in [1.807, 2.05) is 12.2 Å². The van der Waals surface area contributed by atoms with Crippen LogP contribution in [0.2, 0.25) is 0 Å². The van der Waals surface area contributed by atoms with Crippen molar-refractivity contribution in [1.82, 2.24) is 0 Å².